The topological polar surface area (TPSA) is 55.6 Å². The summed E-state index contributed by atoms with van der Waals surface area (Å²) in [4.78, 5) is 13.9. The Balaban J connectivity index is 2.29. The van der Waals surface area contributed by atoms with Crippen LogP contribution in [0.4, 0.5) is 9.18 Å². The maximum Gasteiger partial charge on any atom is 0.410 e. The molecule has 1 aromatic carbocycles. The zero-order valence-electron chi connectivity index (χ0n) is 13.1. The van der Waals surface area contributed by atoms with Crippen LogP contribution in [0.2, 0.25) is 0 Å². The van der Waals surface area contributed by atoms with Crippen LogP contribution in [0.15, 0.2) is 12.1 Å². The van der Waals surface area contributed by atoms with E-state index >= 15 is 0 Å². The molecule has 0 bridgehead atoms. The molecule has 116 valence electrons. The van der Waals surface area contributed by atoms with Crippen molar-refractivity contribution in [3.8, 4) is 0 Å². The fraction of sp³-hybridized carbons (Fsp3) is 0.562. The van der Waals surface area contributed by atoms with Crippen LogP contribution in [0, 0.1) is 12.7 Å². The van der Waals surface area contributed by atoms with Gasteiger partial charge >= 0.3 is 6.09 Å². The van der Waals surface area contributed by atoms with E-state index in [0.717, 1.165) is 16.7 Å². The van der Waals surface area contributed by atoms with Crippen LogP contribution in [0.1, 0.15) is 49.9 Å². The Morgan fingerprint density at radius 3 is 2.71 bits per heavy atom. The van der Waals surface area contributed by atoms with E-state index in [1.807, 2.05) is 27.7 Å². The van der Waals surface area contributed by atoms with Crippen molar-refractivity contribution >= 4 is 6.09 Å². The molecule has 1 amide bonds. The van der Waals surface area contributed by atoms with Gasteiger partial charge in [-0.25, -0.2) is 9.18 Å². The van der Waals surface area contributed by atoms with Gasteiger partial charge in [-0.3, -0.25) is 0 Å². The summed E-state index contributed by atoms with van der Waals surface area (Å²) in [5, 5.41) is 0. The molecule has 0 radical (unpaired) electrons. The zero-order valence-corrected chi connectivity index (χ0v) is 13.1. The largest absolute Gasteiger partial charge is 0.444 e. The first-order valence-electron chi connectivity index (χ1n) is 7.20. The number of fused-ring (bicyclic) bond motifs is 1. The molecule has 5 heteroatoms. The number of carbonyl (C=O) groups is 1. The van der Waals surface area contributed by atoms with E-state index in [1.54, 1.807) is 4.90 Å². The second-order valence-corrected chi connectivity index (χ2v) is 6.59. The lowest BCUT2D eigenvalue weighted by Crippen LogP contribution is -2.36. The van der Waals surface area contributed by atoms with Crippen molar-refractivity contribution in [1.29, 1.82) is 0 Å². The Labute approximate surface area is 125 Å². The highest BCUT2D eigenvalue weighted by Crippen LogP contribution is 2.29. The molecule has 21 heavy (non-hydrogen) atoms. The van der Waals surface area contributed by atoms with Crippen molar-refractivity contribution < 1.29 is 13.9 Å². The first kappa shape index (κ1) is 15.8. The lowest BCUT2D eigenvalue weighted by molar-refractivity contribution is 0.0234. The van der Waals surface area contributed by atoms with Gasteiger partial charge in [-0.2, -0.15) is 0 Å². The lowest BCUT2D eigenvalue weighted by Gasteiger charge is -2.27. The summed E-state index contributed by atoms with van der Waals surface area (Å²) >= 11 is 0. The fourth-order valence-electron chi connectivity index (χ4n) is 2.55. The van der Waals surface area contributed by atoms with Crippen molar-refractivity contribution in [2.24, 2.45) is 5.73 Å². The standard InChI is InChI=1S/C16H23FN2O2/c1-10-7-11(17)8-12-13(10)9-19(6-5-14(12)18)15(20)21-16(2,3)4/h7-8,14H,5-6,9,18H2,1-4H3/t14-/m0/s1. The molecule has 0 unspecified atom stereocenters. The van der Waals surface area contributed by atoms with E-state index in [0.29, 0.717) is 19.5 Å². The van der Waals surface area contributed by atoms with Crippen LogP contribution in [-0.4, -0.2) is 23.1 Å². The second kappa shape index (κ2) is 5.64. The average molecular weight is 294 g/mol. The SMILES string of the molecule is Cc1cc(F)cc2c1CN(C(=O)OC(C)(C)C)CC[C@@H]2N. The van der Waals surface area contributed by atoms with E-state index in [9.17, 15) is 9.18 Å². The number of nitrogens with two attached hydrogens (primary N) is 1. The van der Waals surface area contributed by atoms with Crippen LogP contribution in [0.25, 0.3) is 0 Å². The number of halogens is 1. The van der Waals surface area contributed by atoms with Crippen LogP contribution in [-0.2, 0) is 11.3 Å². The van der Waals surface area contributed by atoms with Gasteiger partial charge in [-0.05, 0) is 62.9 Å². The Kier molecular flexibility index (Phi) is 4.23. The van der Waals surface area contributed by atoms with Gasteiger partial charge in [0.1, 0.15) is 11.4 Å². The molecule has 1 aliphatic heterocycles. The van der Waals surface area contributed by atoms with Crippen LogP contribution in [0.3, 0.4) is 0 Å². The molecule has 2 N–H and O–H groups in total. The highest BCUT2D eigenvalue weighted by Gasteiger charge is 2.28. The van der Waals surface area contributed by atoms with Crippen molar-refractivity contribution in [2.45, 2.75) is 52.3 Å². The summed E-state index contributed by atoms with van der Waals surface area (Å²) < 4.78 is 19.0. The van der Waals surface area contributed by atoms with E-state index in [2.05, 4.69) is 0 Å². The van der Waals surface area contributed by atoms with E-state index < -0.39 is 5.60 Å². The number of amides is 1. The summed E-state index contributed by atoms with van der Waals surface area (Å²) in [5.74, 6) is -0.285. The Bertz CT molecular complexity index is 552. The van der Waals surface area contributed by atoms with Gasteiger partial charge in [0.15, 0.2) is 0 Å². The Hall–Kier alpha value is -1.62. The second-order valence-electron chi connectivity index (χ2n) is 6.59. The quantitative estimate of drug-likeness (QED) is 0.799. The highest BCUT2D eigenvalue weighted by atomic mass is 19.1. The predicted molar refractivity (Wildman–Crippen MR) is 79.3 cm³/mol. The van der Waals surface area contributed by atoms with Crippen LogP contribution < -0.4 is 5.73 Å². The van der Waals surface area contributed by atoms with E-state index in [4.69, 9.17) is 10.5 Å². The normalized spacial score (nSPS) is 19.0. The molecule has 0 fully saturated rings. The summed E-state index contributed by atoms with van der Waals surface area (Å²) in [5.41, 5.74) is 8.12. The maximum atomic E-state index is 13.6. The minimum Gasteiger partial charge on any atom is -0.444 e. The number of benzene rings is 1. The molecule has 1 aliphatic rings. The smallest absolute Gasteiger partial charge is 0.410 e. The predicted octanol–water partition coefficient (Wildman–Crippen LogP) is 3.27. The summed E-state index contributed by atoms with van der Waals surface area (Å²) in [6, 6.07) is 2.69. The lowest BCUT2D eigenvalue weighted by atomic mass is 9.96. The Morgan fingerprint density at radius 1 is 1.43 bits per heavy atom. The molecular formula is C16H23FN2O2. The Morgan fingerprint density at radius 2 is 2.10 bits per heavy atom. The molecule has 0 saturated carbocycles. The number of hydrogen-bond acceptors (Lipinski definition) is 3. The number of hydrogen-bond donors (Lipinski definition) is 1. The van der Waals surface area contributed by atoms with Crippen molar-refractivity contribution in [2.75, 3.05) is 6.54 Å². The van der Waals surface area contributed by atoms with Gasteiger partial charge in [0, 0.05) is 19.1 Å². The minimum absolute atomic E-state index is 0.262. The van der Waals surface area contributed by atoms with Crippen molar-refractivity contribution in [3.05, 3.63) is 34.6 Å². The van der Waals surface area contributed by atoms with Crippen LogP contribution >= 0.6 is 0 Å². The van der Waals surface area contributed by atoms with Gasteiger partial charge in [-0.1, -0.05) is 0 Å². The maximum absolute atomic E-state index is 13.6. The molecule has 0 spiro atoms. The third kappa shape index (κ3) is 3.73. The molecule has 0 aromatic heterocycles. The van der Waals surface area contributed by atoms with Crippen molar-refractivity contribution in [1.82, 2.24) is 4.90 Å². The fourth-order valence-corrected chi connectivity index (χ4v) is 2.55. The van der Waals surface area contributed by atoms with Gasteiger partial charge in [0.25, 0.3) is 0 Å². The molecule has 0 aliphatic carbocycles. The average Bonchev–Trinajstić information content (AvgIpc) is 2.48. The van der Waals surface area contributed by atoms with Crippen LogP contribution in [0.5, 0.6) is 0 Å². The summed E-state index contributed by atoms with van der Waals surface area (Å²) in [7, 11) is 0. The van der Waals surface area contributed by atoms with Gasteiger partial charge < -0.3 is 15.4 Å². The number of rotatable bonds is 0. The molecule has 1 heterocycles. The number of ether oxygens (including phenoxy) is 1. The molecule has 1 aromatic rings. The molecule has 1 atom stereocenters. The summed E-state index contributed by atoms with van der Waals surface area (Å²) in [6.45, 7) is 8.26. The molecule has 2 rings (SSSR count). The monoisotopic (exact) mass is 294 g/mol. The first-order valence-corrected chi connectivity index (χ1v) is 7.20. The number of aryl methyl sites for hydroxylation is 1. The molecule has 4 nitrogen and oxygen atoms in total. The number of nitrogens with zero attached hydrogens (tertiary/aromatic N) is 1. The molecule has 0 saturated heterocycles. The van der Waals surface area contributed by atoms with Gasteiger partial charge in [-0.15, -0.1) is 0 Å². The van der Waals surface area contributed by atoms with E-state index in [-0.39, 0.29) is 18.0 Å². The van der Waals surface area contributed by atoms with Crippen molar-refractivity contribution in [3.63, 3.8) is 0 Å². The zero-order chi connectivity index (χ0) is 15.8. The minimum atomic E-state index is -0.536. The van der Waals surface area contributed by atoms with E-state index in [1.165, 1.54) is 12.1 Å². The summed E-state index contributed by atoms with van der Waals surface area (Å²) in [6.07, 6.45) is 0.237. The van der Waals surface area contributed by atoms with Gasteiger partial charge in [0.05, 0.1) is 0 Å². The van der Waals surface area contributed by atoms with Gasteiger partial charge in [0.2, 0.25) is 0 Å². The third-order valence-corrected chi connectivity index (χ3v) is 3.58. The highest BCUT2D eigenvalue weighted by molar-refractivity contribution is 5.68. The third-order valence-electron chi connectivity index (χ3n) is 3.58. The first-order chi connectivity index (χ1) is 9.67. The molecular weight excluding hydrogens is 271 g/mol. The number of carbonyl (C=O) groups excluding carboxylic acids is 1.